The largest absolute Gasteiger partial charge is 0.377 e. The fraction of sp³-hybridized carbons (Fsp3) is 0.364. The van der Waals surface area contributed by atoms with Gasteiger partial charge in [0.15, 0.2) is 0 Å². The molecule has 0 N–H and O–H groups in total. The summed E-state index contributed by atoms with van der Waals surface area (Å²) in [6, 6.07) is 17.3. The summed E-state index contributed by atoms with van der Waals surface area (Å²) in [5.74, 6) is 0. The SMILES string of the molecule is CC.CC.CN(C)c1c2ccccc2c(N(C)C)c2ccccc12. The van der Waals surface area contributed by atoms with Crippen LogP contribution in [0.1, 0.15) is 27.7 Å². The predicted molar refractivity (Wildman–Crippen MR) is 113 cm³/mol. The number of nitrogens with zero attached hydrogens (tertiary/aromatic N) is 2. The van der Waals surface area contributed by atoms with Gasteiger partial charge in [-0.3, -0.25) is 0 Å². The fourth-order valence-corrected chi connectivity index (χ4v) is 3.05. The molecule has 0 unspecified atom stereocenters. The summed E-state index contributed by atoms with van der Waals surface area (Å²) in [5, 5.41) is 5.22. The molecule has 0 radical (unpaired) electrons. The lowest BCUT2D eigenvalue weighted by Crippen LogP contribution is -2.13. The molecule has 24 heavy (non-hydrogen) atoms. The van der Waals surface area contributed by atoms with Crippen LogP contribution in [0.2, 0.25) is 0 Å². The van der Waals surface area contributed by atoms with Gasteiger partial charge in [0.1, 0.15) is 0 Å². The van der Waals surface area contributed by atoms with Gasteiger partial charge in [0.25, 0.3) is 0 Å². The molecule has 0 spiro atoms. The molecule has 3 aromatic carbocycles. The van der Waals surface area contributed by atoms with E-state index in [9.17, 15) is 0 Å². The zero-order valence-corrected chi connectivity index (χ0v) is 16.5. The molecule has 0 bridgehead atoms. The van der Waals surface area contributed by atoms with E-state index in [1.165, 1.54) is 32.9 Å². The van der Waals surface area contributed by atoms with Crippen molar-refractivity contribution in [1.29, 1.82) is 0 Å². The van der Waals surface area contributed by atoms with Gasteiger partial charge in [0.2, 0.25) is 0 Å². The molecule has 3 aromatic rings. The number of hydrogen-bond acceptors (Lipinski definition) is 2. The number of rotatable bonds is 2. The minimum absolute atomic E-state index is 1.29. The van der Waals surface area contributed by atoms with E-state index in [0.717, 1.165) is 0 Å². The number of fused-ring (bicyclic) bond motifs is 2. The first-order valence-electron chi connectivity index (χ1n) is 8.89. The maximum absolute atomic E-state index is 2.21. The third kappa shape index (κ3) is 3.64. The van der Waals surface area contributed by atoms with Crippen LogP contribution in [0.25, 0.3) is 21.5 Å². The van der Waals surface area contributed by atoms with Crippen molar-refractivity contribution in [3.05, 3.63) is 48.5 Å². The van der Waals surface area contributed by atoms with Gasteiger partial charge in [0, 0.05) is 49.7 Å². The molecule has 130 valence electrons. The van der Waals surface area contributed by atoms with E-state index in [1.807, 2.05) is 27.7 Å². The molecule has 0 saturated carbocycles. The zero-order chi connectivity index (χ0) is 18.3. The Balaban J connectivity index is 0.000000671. The van der Waals surface area contributed by atoms with Crippen molar-refractivity contribution < 1.29 is 0 Å². The van der Waals surface area contributed by atoms with Crippen molar-refractivity contribution in [3.8, 4) is 0 Å². The lowest BCUT2D eigenvalue weighted by molar-refractivity contribution is 1.14. The monoisotopic (exact) mass is 324 g/mol. The Bertz CT molecular complexity index is 650. The Kier molecular flexibility index (Phi) is 7.57. The Hall–Kier alpha value is -2.22. The van der Waals surface area contributed by atoms with Gasteiger partial charge in [-0.2, -0.15) is 0 Å². The van der Waals surface area contributed by atoms with E-state index in [2.05, 4.69) is 86.5 Å². The molecular weight excluding hydrogens is 292 g/mol. The molecule has 0 atom stereocenters. The van der Waals surface area contributed by atoms with E-state index in [0.29, 0.717) is 0 Å². The van der Waals surface area contributed by atoms with E-state index in [-0.39, 0.29) is 0 Å². The van der Waals surface area contributed by atoms with Crippen LogP contribution in [0.4, 0.5) is 11.4 Å². The van der Waals surface area contributed by atoms with Crippen LogP contribution in [0.3, 0.4) is 0 Å². The maximum atomic E-state index is 2.21. The molecule has 0 fully saturated rings. The van der Waals surface area contributed by atoms with Gasteiger partial charge in [-0.05, 0) is 0 Å². The fourth-order valence-electron chi connectivity index (χ4n) is 3.05. The highest BCUT2D eigenvalue weighted by Gasteiger charge is 2.15. The number of hydrogen-bond donors (Lipinski definition) is 0. The van der Waals surface area contributed by atoms with Gasteiger partial charge in [-0.15, -0.1) is 0 Å². The Morgan fingerprint density at radius 1 is 0.458 bits per heavy atom. The van der Waals surface area contributed by atoms with Crippen LogP contribution < -0.4 is 9.80 Å². The molecule has 0 amide bonds. The minimum atomic E-state index is 1.29. The van der Waals surface area contributed by atoms with E-state index >= 15 is 0 Å². The number of benzene rings is 3. The summed E-state index contributed by atoms with van der Waals surface area (Å²) in [6.45, 7) is 8.00. The second-order valence-corrected chi connectivity index (χ2v) is 5.58. The van der Waals surface area contributed by atoms with Crippen molar-refractivity contribution in [3.63, 3.8) is 0 Å². The van der Waals surface area contributed by atoms with Gasteiger partial charge >= 0.3 is 0 Å². The Morgan fingerprint density at radius 3 is 0.833 bits per heavy atom. The smallest absolute Gasteiger partial charge is 0.0521 e. The van der Waals surface area contributed by atoms with Crippen LogP contribution in [0.5, 0.6) is 0 Å². The highest BCUT2D eigenvalue weighted by atomic mass is 15.1. The lowest BCUT2D eigenvalue weighted by atomic mass is 9.97. The summed E-state index contributed by atoms with van der Waals surface area (Å²) in [4.78, 5) is 4.42. The average molecular weight is 325 g/mol. The van der Waals surface area contributed by atoms with Crippen molar-refractivity contribution >= 4 is 32.9 Å². The molecule has 0 aliphatic rings. The van der Waals surface area contributed by atoms with E-state index < -0.39 is 0 Å². The first-order chi connectivity index (χ1) is 11.6. The second-order valence-electron chi connectivity index (χ2n) is 5.58. The van der Waals surface area contributed by atoms with Crippen molar-refractivity contribution in [1.82, 2.24) is 0 Å². The molecule has 2 heteroatoms. The maximum Gasteiger partial charge on any atom is 0.0521 e. The molecular formula is C22H32N2. The molecule has 0 aliphatic carbocycles. The third-order valence-corrected chi connectivity index (χ3v) is 3.77. The van der Waals surface area contributed by atoms with Crippen LogP contribution in [-0.2, 0) is 0 Å². The predicted octanol–water partition coefficient (Wildman–Crippen LogP) is 6.18. The second kappa shape index (κ2) is 9.17. The Morgan fingerprint density at radius 2 is 0.667 bits per heavy atom. The van der Waals surface area contributed by atoms with E-state index in [4.69, 9.17) is 0 Å². The lowest BCUT2D eigenvalue weighted by Gasteiger charge is -2.24. The molecule has 0 aromatic heterocycles. The first-order valence-corrected chi connectivity index (χ1v) is 8.89. The van der Waals surface area contributed by atoms with E-state index in [1.54, 1.807) is 0 Å². The molecule has 2 nitrogen and oxygen atoms in total. The normalized spacial score (nSPS) is 9.67. The van der Waals surface area contributed by atoms with Gasteiger partial charge in [-0.25, -0.2) is 0 Å². The standard InChI is InChI=1S/C18H20N2.2C2H6/c1-19(2)17-13-9-5-7-11-15(13)18(20(3)4)16-12-8-6-10-14(16)17;2*1-2/h5-12H,1-4H3;2*1-2H3. The highest BCUT2D eigenvalue weighted by Crippen LogP contribution is 2.41. The number of anilines is 2. The van der Waals surface area contributed by atoms with Crippen molar-refractivity contribution in [2.24, 2.45) is 0 Å². The quantitative estimate of drug-likeness (QED) is 0.410. The van der Waals surface area contributed by atoms with Crippen LogP contribution >= 0.6 is 0 Å². The average Bonchev–Trinajstić information content (AvgIpc) is 2.62. The highest BCUT2D eigenvalue weighted by molar-refractivity contribution is 6.19. The minimum Gasteiger partial charge on any atom is -0.377 e. The van der Waals surface area contributed by atoms with Gasteiger partial charge in [0.05, 0.1) is 11.4 Å². The van der Waals surface area contributed by atoms with Gasteiger partial charge < -0.3 is 9.80 Å². The van der Waals surface area contributed by atoms with Crippen LogP contribution in [-0.4, -0.2) is 28.2 Å². The summed E-state index contributed by atoms with van der Waals surface area (Å²) in [6.07, 6.45) is 0. The summed E-state index contributed by atoms with van der Waals surface area (Å²) >= 11 is 0. The summed E-state index contributed by atoms with van der Waals surface area (Å²) < 4.78 is 0. The summed E-state index contributed by atoms with van der Waals surface area (Å²) in [7, 11) is 8.46. The van der Waals surface area contributed by atoms with Crippen molar-refractivity contribution in [2.75, 3.05) is 38.0 Å². The molecule has 0 aliphatic heterocycles. The van der Waals surface area contributed by atoms with Crippen LogP contribution in [0.15, 0.2) is 48.5 Å². The van der Waals surface area contributed by atoms with Crippen molar-refractivity contribution in [2.45, 2.75) is 27.7 Å². The topological polar surface area (TPSA) is 6.48 Å². The Labute approximate surface area is 147 Å². The summed E-state index contributed by atoms with van der Waals surface area (Å²) in [5.41, 5.74) is 2.59. The molecule has 0 saturated heterocycles. The zero-order valence-electron chi connectivity index (χ0n) is 16.5. The molecule has 0 heterocycles. The molecule has 3 rings (SSSR count). The van der Waals surface area contributed by atoms with Gasteiger partial charge in [-0.1, -0.05) is 76.2 Å². The van der Waals surface area contributed by atoms with Crippen LogP contribution in [0, 0.1) is 0 Å². The first kappa shape index (κ1) is 19.8. The third-order valence-electron chi connectivity index (χ3n) is 3.77.